The second-order valence-corrected chi connectivity index (χ2v) is 9.42. The first kappa shape index (κ1) is 19.5. The molecule has 2 N–H and O–H groups in total. The summed E-state index contributed by atoms with van der Waals surface area (Å²) in [6, 6.07) is 10.3. The van der Waals surface area contributed by atoms with Gasteiger partial charge in [0.25, 0.3) is 10.0 Å². The lowest BCUT2D eigenvalue weighted by Gasteiger charge is -2.12. The van der Waals surface area contributed by atoms with E-state index in [1.54, 1.807) is 50.4 Å². The standard InChI is InChI=1S/C18H15ClN6O2S2/c1-10-7-16(11(2)6-14(10)19)29(26,27)23-13-5-3-4-12(8-13)18-20-9-15(28-18)17-21-24-25-22-17/h3-9,23H,1-2H3,(H,21,22,24,25). The van der Waals surface area contributed by atoms with Crippen LogP contribution in [0.5, 0.6) is 0 Å². The van der Waals surface area contributed by atoms with Crippen LogP contribution in [0.1, 0.15) is 11.1 Å². The van der Waals surface area contributed by atoms with Gasteiger partial charge in [-0.25, -0.2) is 18.5 Å². The highest BCUT2D eigenvalue weighted by Crippen LogP contribution is 2.32. The minimum absolute atomic E-state index is 0.194. The summed E-state index contributed by atoms with van der Waals surface area (Å²) in [6.45, 7) is 3.48. The van der Waals surface area contributed by atoms with Crippen molar-refractivity contribution < 1.29 is 8.42 Å². The molecule has 0 fully saturated rings. The van der Waals surface area contributed by atoms with Crippen LogP contribution >= 0.6 is 22.9 Å². The molecular formula is C18H15ClN6O2S2. The molecule has 0 bridgehead atoms. The third-order valence-corrected chi connectivity index (χ3v) is 7.18. The number of aryl methyl sites for hydroxylation is 2. The molecule has 0 saturated heterocycles. The van der Waals surface area contributed by atoms with Crippen LogP contribution in [-0.2, 0) is 10.0 Å². The lowest BCUT2D eigenvalue weighted by Crippen LogP contribution is -2.14. The van der Waals surface area contributed by atoms with Crippen LogP contribution in [0.3, 0.4) is 0 Å². The van der Waals surface area contributed by atoms with Gasteiger partial charge in [0.15, 0.2) is 5.82 Å². The number of benzene rings is 2. The van der Waals surface area contributed by atoms with Crippen LogP contribution in [0.25, 0.3) is 21.3 Å². The monoisotopic (exact) mass is 446 g/mol. The molecular weight excluding hydrogens is 432 g/mol. The normalized spacial score (nSPS) is 11.6. The van der Waals surface area contributed by atoms with Gasteiger partial charge in [0.1, 0.15) is 5.01 Å². The van der Waals surface area contributed by atoms with Crippen LogP contribution in [0.2, 0.25) is 5.02 Å². The van der Waals surface area contributed by atoms with Gasteiger partial charge in [-0.3, -0.25) is 4.72 Å². The lowest BCUT2D eigenvalue weighted by molar-refractivity contribution is 0.600. The minimum Gasteiger partial charge on any atom is -0.280 e. The zero-order valence-corrected chi connectivity index (χ0v) is 17.7. The predicted molar refractivity (Wildman–Crippen MR) is 112 cm³/mol. The van der Waals surface area contributed by atoms with Crippen LogP contribution in [0.4, 0.5) is 5.69 Å². The van der Waals surface area contributed by atoms with E-state index in [1.807, 2.05) is 6.07 Å². The van der Waals surface area contributed by atoms with Crippen molar-refractivity contribution in [2.75, 3.05) is 4.72 Å². The Hall–Kier alpha value is -2.82. The van der Waals surface area contributed by atoms with Crippen molar-refractivity contribution in [1.29, 1.82) is 0 Å². The molecule has 0 unspecified atom stereocenters. The molecule has 0 saturated carbocycles. The summed E-state index contributed by atoms with van der Waals surface area (Å²) in [7, 11) is -3.77. The Balaban J connectivity index is 1.64. The summed E-state index contributed by atoms with van der Waals surface area (Å²) < 4.78 is 28.4. The molecule has 4 rings (SSSR count). The summed E-state index contributed by atoms with van der Waals surface area (Å²) in [5.74, 6) is 0.527. The first-order valence-corrected chi connectivity index (χ1v) is 11.1. The average Bonchev–Trinajstić information content (AvgIpc) is 3.35. The van der Waals surface area contributed by atoms with E-state index >= 15 is 0 Å². The molecule has 0 radical (unpaired) electrons. The summed E-state index contributed by atoms with van der Waals surface area (Å²) in [5, 5.41) is 14.9. The van der Waals surface area contributed by atoms with E-state index in [2.05, 4.69) is 30.3 Å². The van der Waals surface area contributed by atoms with Crippen molar-refractivity contribution in [3.05, 3.63) is 58.7 Å². The largest absolute Gasteiger partial charge is 0.280 e. The molecule has 4 aromatic rings. The fraction of sp³-hybridized carbons (Fsp3) is 0.111. The number of sulfonamides is 1. The predicted octanol–water partition coefficient (Wildman–Crippen LogP) is 4.06. The number of thiazole rings is 1. The molecule has 0 aliphatic carbocycles. The number of aromatic amines is 1. The van der Waals surface area contributed by atoms with Crippen molar-refractivity contribution in [2.24, 2.45) is 0 Å². The Morgan fingerprint density at radius 3 is 2.72 bits per heavy atom. The molecule has 2 aromatic carbocycles. The molecule has 0 atom stereocenters. The number of anilines is 1. The summed E-state index contributed by atoms with van der Waals surface area (Å²) in [4.78, 5) is 5.36. The van der Waals surface area contributed by atoms with E-state index in [0.29, 0.717) is 27.7 Å². The van der Waals surface area contributed by atoms with Gasteiger partial charge in [-0.1, -0.05) is 23.7 Å². The second kappa shape index (κ2) is 7.54. The third kappa shape index (κ3) is 4.00. The maximum Gasteiger partial charge on any atom is 0.262 e. The number of aromatic nitrogens is 5. The van der Waals surface area contributed by atoms with Gasteiger partial charge >= 0.3 is 0 Å². The fourth-order valence-corrected chi connectivity index (χ4v) is 5.18. The maximum atomic E-state index is 12.9. The number of nitrogens with one attached hydrogen (secondary N) is 2. The van der Waals surface area contributed by atoms with Gasteiger partial charge in [0, 0.05) is 22.5 Å². The summed E-state index contributed by atoms with van der Waals surface area (Å²) in [5.41, 5.74) is 2.49. The minimum atomic E-state index is -3.77. The lowest BCUT2D eigenvalue weighted by atomic mass is 10.2. The molecule has 29 heavy (non-hydrogen) atoms. The molecule has 0 aliphatic rings. The SMILES string of the molecule is Cc1cc(S(=O)(=O)Nc2cccc(-c3ncc(-c4nnn[nH]4)s3)c2)c(C)cc1Cl. The zero-order chi connectivity index (χ0) is 20.6. The number of nitrogens with zero attached hydrogens (tertiary/aromatic N) is 4. The first-order valence-electron chi connectivity index (χ1n) is 8.43. The van der Waals surface area contributed by atoms with Crippen LogP contribution in [0, 0.1) is 13.8 Å². The summed E-state index contributed by atoms with van der Waals surface area (Å²) in [6.07, 6.45) is 1.67. The van der Waals surface area contributed by atoms with Gasteiger partial charge < -0.3 is 0 Å². The van der Waals surface area contributed by atoms with Crippen molar-refractivity contribution in [3.63, 3.8) is 0 Å². The molecule has 11 heteroatoms. The summed E-state index contributed by atoms with van der Waals surface area (Å²) >= 11 is 7.48. The van der Waals surface area contributed by atoms with E-state index in [0.717, 1.165) is 15.4 Å². The van der Waals surface area contributed by atoms with Gasteiger partial charge in [0.05, 0.1) is 9.77 Å². The van der Waals surface area contributed by atoms with Crippen molar-refractivity contribution >= 4 is 38.6 Å². The maximum absolute atomic E-state index is 12.9. The Kier molecular flexibility index (Phi) is 5.07. The first-order chi connectivity index (χ1) is 13.8. The van der Waals surface area contributed by atoms with E-state index in [4.69, 9.17) is 11.6 Å². The van der Waals surface area contributed by atoms with Gasteiger partial charge in [-0.05, 0) is 59.7 Å². The highest BCUT2D eigenvalue weighted by atomic mass is 35.5. The highest BCUT2D eigenvalue weighted by molar-refractivity contribution is 7.92. The third-order valence-electron chi connectivity index (χ3n) is 4.19. The van der Waals surface area contributed by atoms with Gasteiger partial charge in [0.2, 0.25) is 0 Å². The van der Waals surface area contributed by atoms with Gasteiger partial charge in [-0.2, -0.15) is 0 Å². The highest BCUT2D eigenvalue weighted by Gasteiger charge is 2.19. The molecule has 2 heterocycles. The molecule has 2 aromatic heterocycles. The molecule has 0 spiro atoms. The van der Waals surface area contributed by atoms with Gasteiger partial charge in [-0.15, -0.1) is 16.4 Å². The van der Waals surface area contributed by atoms with Crippen molar-refractivity contribution in [1.82, 2.24) is 25.6 Å². The molecule has 0 aliphatic heterocycles. The second-order valence-electron chi connectivity index (χ2n) is 6.33. The quantitative estimate of drug-likeness (QED) is 0.477. The average molecular weight is 447 g/mol. The molecule has 0 amide bonds. The van der Waals surface area contributed by atoms with Crippen LogP contribution in [0.15, 0.2) is 47.5 Å². The van der Waals surface area contributed by atoms with Crippen molar-refractivity contribution in [3.8, 4) is 21.3 Å². The zero-order valence-electron chi connectivity index (χ0n) is 15.3. The number of hydrogen-bond acceptors (Lipinski definition) is 7. The number of hydrogen-bond donors (Lipinski definition) is 2. The molecule has 8 nitrogen and oxygen atoms in total. The number of tetrazole rings is 1. The number of rotatable bonds is 5. The van der Waals surface area contributed by atoms with E-state index in [1.165, 1.54) is 11.3 Å². The Morgan fingerprint density at radius 1 is 1.14 bits per heavy atom. The van der Waals surface area contributed by atoms with Crippen molar-refractivity contribution in [2.45, 2.75) is 18.7 Å². The number of H-pyrrole nitrogens is 1. The van der Waals surface area contributed by atoms with Crippen LogP contribution < -0.4 is 4.72 Å². The van der Waals surface area contributed by atoms with E-state index in [9.17, 15) is 8.42 Å². The molecule has 148 valence electrons. The Labute approximate surface area is 176 Å². The van der Waals surface area contributed by atoms with E-state index < -0.39 is 10.0 Å². The Bertz CT molecular complexity index is 1290. The number of halogens is 1. The van der Waals surface area contributed by atoms with E-state index in [-0.39, 0.29) is 4.90 Å². The topological polar surface area (TPSA) is 114 Å². The smallest absolute Gasteiger partial charge is 0.262 e. The fourth-order valence-electron chi connectivity index (χ4n) is 2.75. The van der Waals surface area contributed by atoms with Crippen LogP contribution in [-0.4, -0.2) is 34.0 Å². The Morgan fingerprint density at radius 2 is 1.97 bits per heavy atom.